The first kappa shape index (κ1) is 12.9. The van der Waals surface area contributed by atoms with Crippen LogP contribution in [0.1, 0.15) is 34.1 Å². The number of rotatable bonds is 4. The van der Waals surface area contributed by atoms with Crippen molar-refractivity contribution in [3.8, 4) is 0 Å². The Kier molecular flexibility index (Phi) is 4.90. The molecule has 0 bridgehead atoms. The molecule has 3 N–H and O–H groups in total. The lowest BCUT2D eigenvalue weighted by Gasteiger charge is -2.01. The number of nitrogens with one attached hydrogen (secondary N) is 1. The lowest BCUT2D eigenvalue weighted by Crippen LogP contribution is -2.29. The minimum Gasteiger partial charge on any atom is -0.431 e. The van der Waals surface area contributed by atoms with Gasteiger partial charge in [-0.25, -0.2) is 10.6 Å². The topological polar surface area (TPSA) is 81.4 Å². The summed E-state index contributed by atoms with van der Waals surface area (Å²) in [5, 5.41) is 0. The van der Waals surface area contributed by atoms with Crippen LogP contribution in [0.2, 0.25) is 0 Å². The predicted molar refractivity (Wildman–Crippen MR) is 62.9 cm³/mol. The fourth-order valence-electron chi connectivity index (χ4n) is 1.12. The van der Waals surface area contributed by atoms with Crippen LogP contribution in [0.3, 0.4) is 0 Å². The standard InChI is InChI=1S/C12H14N2O3/c1-2-3-8-17-12(16)10-6-4-9(5-7-10)11(15)14-13/h3-8H,2,13H2,1H3,(H,14,15). The SMILES string of the molecule is CCC=COC(=O)c1ccc(C(=O)NN)cc1. The first-order valence-electron chi connectivity index (χ1n) is 5.16. The summed E-state index contributed by atoms with van der Waals surface area (Å²) in [7, 11) is 0. The van der Waals surface area contributed by atoms with Crippen LogP contribution < -0.4 is 11.3 Å². The van der Waals surface area contributed by atoms with Gasteiger partial charge in [-0.1, -0.05) is 6.92 Å². The van der Waals surface area contributed by atoms with Crippen molar-refractivity contribution in [2.75, 3.05) is 0 Å². The third kappa shape index (κ3) is 3.73. The van der Waals surface area contributed by atoms with Crippen molar-refractivity contribution in [1.29, 1.82) is 0 Å². The van der Waals surface area contributed by atoms with Crippen LogP contribution >= 0.6 is 0 Å². The Hall–Kier alpha value is -2.14. The lowest BCUT2D eigenvalue weighted by atomic mass is 10.1. The van der Waals surface area contributed by atoms with E-state index in [4.69, 9.17) is 10.6 Å². The molecule has 0 atom stereocenters. The molecule has 1 aromatic carbocycles. The Labute approximate surface area is 99.2 Å². The van der Waals surface area contributed by atoms with Gasteiger partial charge in [-0.2, -0.15) is 0 Å². The molecule has 90 valence electrons. The molecule has 0 fully saturated rings. The minimum absolute atomic E-state index is 0.374. The smallest absolute Gasteiger partial charge is 0.342 e. The lowest BCUT2D eigenvalue weighted by molar-refractivity contribution is 0.0662. The average molecular weight is 234 g/mol. The largest absolute Gasteiger partial charge is 0.431 e. The summed E-state index contributed by atoms with van der Waals surface area (Å²) >= 11 is 0. The maximum Gasteiger partial charge on any atom is 0.342 e. The van der Waals surface area contributed by atoms with Crippen LogP contribution in [0.25, 0.3) is 0 Å². The van der Waals surface area contributed by atoms with E-state index in [1.54, 1.807) is 6.08 Å². The van der Waals surface area contributed by atoms with Crippen LogP contribution in [0.5, 0.6) is 0 Å². The molecule has 1 aromatic rings. The number of carbonyl (C=O) groups is 2. The fourth-order valence-corrected chi connectivity index (χ4v) is 1.12. The summed E-state index contributed by atoms with van der Waals surface area (Å²) in [6.45, 7) is 1.94. The molecule has 1 rings (SSSR count). The van der Waals surface area contributed by atoms with Gasteiger partial charge < -0.3 is 4.74 Å². The van der Waals surface area contributed by atoms with E-state index in [9.17, 15) is 9.59 Å². The summed E-state index contributed by atoms with van der Waals surface area (Å²) < 4.78 is 4.85. The van der Waals surface area contributed by atoms with Gasteiger partial charge in [-0.05, 0) is 36.8 Å². The van der Waals surface area contributed by atoms with E-state index in [1.165, 1.54) is 30.5 Å². The molecule has 0 radical (unpaired) electrons. The fraction of sp³-hybridized carbons (Fsp3) is 0.167. The molecular weight excluding hydrogens is 220 g/mol. The van der Waals surface area contributed by atoms with Crippen molar-refractivity contribution in [3.63, 3.8) is 0 Å². The number of nitrogen functional groups attached to an aromatic ring is 1. The summed E-state index contributed by atoms with van der Waals surface area (Å²) in [6, 6.07) is 6.02. The Balaban J connectivity index is 2.70. The number of ether oxygens (including phenoxy) is 1. The molecule has 0 heterocycles. The molecule has 5 nitrogen and oxygen atoms in total. The van der Waals surface area contributed by atoms with E-state index < -0.39 is 11.9 Å². The molecule has 0 aliphatic heterocycles. The third-order valence-corrected chi connectivity index (χ3v) is 2.02. The number of allylic oxidation sites excluding steroid dienone is 1. The normalized spacial score (nSPS) is 10.2. The van der Waals surface area contributed by atoms with Gasteiger partial charge >= 0.3 is 5.97 Å². The van der Waals surface area contributed by atoms with Gasteiger partial charge in [0.1, 0.15) is 0 Å². The number of hydrogen-bond donors (Lipinski definition) is 2. The first-order chi connectivity index (χ1) is 8.19. The van der Waals surface area contributed by atoms with Gasteiger partial charge in [0, 0.05) is 5.56 Å². The van der Waals surface area contributed by atoms with Gasteiger partial charge in [0.25, 0.3) is 5.91 Å². The number of carbonyl (C=O) groups excluding carboxylic acids is 2. The summed E-state index contributed by atoms with van der Waals surface area (Å²) in [6.07, 6.45) is 3.87. The van der Waals surface area contributed by atoms with E-state index in [2.05, 4.69) is 0 Å². The zero-order valence-corrected chi connectivity index (χ0v) is 9.47. The Bertz CT molecular complexity index is 424. The van der Waals surface area contributed by atoms with Crippen molar-refractivity contribution in [1.82, 2.24) is 5.43 Å². The van der Waals surface area contributed by atoms with Crippen molar-refractivity contribution in [2.24, 2.45) is 5.84 Å². The third-order valence-electron chi connectivity index (χ3n) is 2.02. The highest BCUT2D eigenvalue weighted by molar-refractivity contribution is 5.95. The molecule has 0 saturated carbocycles. The van der Waals surface area contributed by atoms with Gasteiger partial charge in [0.2, 0.25) is 0 Å². The van der Waals surface area contributed by atoms with E-state index in [1.807, 2.05) is 12.3 Å². The number of esters is 1. The molecule has 0 aliphatic rings. The molecule has 0 aromatic heterocycles. The number of nitrogens with two attached hydrogens (primary N) is 1. The summed E-state index contributed by atoms with van der Waals surface area (Å²) in [5.41, 5.74) is 2.76. The van der Waals surface area contributed by atoms with Crippen LogP contribution in [0, 0.1) is 0 Å². The second kappa shape index (κ2) is 6.44. The number of hydrogen-bond acceptors (Lipinski definition) is 4. The quantitative estimate of drug-likeness (QED) is 0.271. The second-order valence-electron chi connectivity index (χ2n) is 3.24. The van der Waals surface area contributed by atoms with Crippen molar-refractivity contribution in [3.05, 3.63) is 47.7 Å². The second-order valence-corrected chi connectivity index (χ2v) is 3.24. The van der Waals surface area contributed by atoms with E-state index in [-0.39, 0.29) is 0 Å². The predicted octanol–water partition coefficient (Wildman–Crippen LogP) is 1.37. The molecule has 0 unspecified atom stereocenters. The highest BCUT2D eigenvalue weighted by Gasteiger charge is 2.07. The molecule has 0 saturated heterocycles. The van der Waals surface area contributed by atoms with Crippen LogP contribution in [0.15, 0.2) is 36.6 Å². The molecule has 5 heteroatoms. The zero-order chi connectivity index (χ0) is 12.7. The molecule has 0 spiro atoms. The summed E-state index contributed by atoms with van der Waals surface area (Å²) in [5.74, 6) is 4.11. The molecule has 17 heavy (non-hydrogen) atoms. The Morgan fingerprint density at radius 3 is 2.41 bits per heavy atom. The number of benzene rings is 1. The minimum atomic E-state index is -0.464. The molecular formula is C12H14N2O3. The highest BCUT2D eigenvalue weighted by atomic mass is 16.5. The Morgan fingerprint density at radius 2 is 1.88 bits per heavy atom. The summed E-state index contributed by atoms with van der Waals surface area (Å²) in [4.78, 5) is 22.6. The number of amides is 1. The van der Waals surface area contributed by atoms with Crippen molar-refractivity contribution < 1.29 is 14.3 Å². The highest BCUT2D eigenvalue weighted by Crippen LogP contribution is 2.06. The van der Waals surface area contributed by atoms with Gasteiger partial charge in [0.05, 0.1) is 11.8 Å². The van der Waals surface area contributed by atoms with Crippen LogP contribution in [0.4, 0.5) is 0 Å². The van der Waals surface area contributed by atoms with Gasteiger partial charge in [-0.3, -0.25) is 10.2 Å². The monoisotopic (exact) mass is 234 g/mol. The average Bonchev–Trinajstić information content (AvgIpc) is 2.38. The first-order valence-corrected chi connectivity index (χ1v) is 5.16. The zero-order valence-electron chi connectivity index (χ0n) is 9.47. The van der Waals surface area contributed by atoms with E-state index >= 15 is 0 Å². The number of hydrazine groups is 1. The van der Waals surface area contributed by atoms with Crippen molar-refractivity contribution in [2.45, 2.75) is 13.3 Å². The van der Waals surface area contributed by atoms with E-state index in [0.29, 0.717) is 11.1 Å². The maximum atomic E-state index is 11.5. The van der Waals surface area contributed by atoms with Crippen molar-refractivity contribution >= 4 is 11.9 Å². The molecule has 1 amide bonds. The maximum absolute atomic E-state index is 11.5. The van der Waals surface area contributed by atoms with Gasteiger partial charge in [0.15, 0.2) is 0 Å². The van der Waals surface area contributed by atoms with Gasteiger partial charge in [-0.15, -0.1) is 0 Å². The van der Waals surface area contributed by atoms with Crippen LogP contribution in [-0.2, 0) is 4.74 Å². The molecule has 0 aliphatic carbocycles. The Morgan fingerprint density at radius 1 is 1.29 bits per heavy atom. The van der Waals surface area contributed by atoms with E-state index in [0.717, 1.165) is 6.42 Å². The van der Waals surface area contributed by atoms with Crippen LogP contribution in [-0.4, -0.2) is 11.9 Å².